The van der Waals surface area contributed by atoms with Gasteiger partial charge in [0.1, 0.15) is 6.54 Å². The summed E-state index contributed by atoms with van der Waals surface area (Å²) in [6.45, 7) is 4.16. The summed E-state index contributed by atoms with van der Waals surface area (Å²) in [5.41, 5.74) is 9.22. The van der Waals surface area contributed by atoms with Gasteiger partial charge in [-0.1, -0.05) is 38.0 Å². The van der Waals surface area contributed by atoms with Gasteiger partial charge in [-0.15, -0.1) is 6.42 Å². The van der Waals surface area contributed by atoms with Crippen LogP contribution in [0.1, 0.15) is 30.9 Å². The van der Waals surface area contributed by atoms with Gasteiger partial charge in [0, 0.05) is 16.9 Å². The van der Waals surface area contributed by atoms with Crippen molar-refractivity contribution in [2.75, 3.05) is 17.2 Å². The molecule has 4 N–H and O–H groups in total. The van der Waals surface area contributed by atoms with Crippen molar-refractivity contribution in [2.45, 2.75) is 19.8 Å². The highest BCUT2D eigenvalue weighted by Crippen LogP contribution is 2.18. The number of nitrogens with two attached hydrogens (primary N) is 1. The number of nitrogens with one attached hydrogen (secondary N) is 2. The highest BCUT2D eigenvalue weighted by Gasteiger charge is 2.04. The van der Waals surface area contributed by atoms with Gasteiger partial charge in [0.2, 0.25) is 5.91 Å². The molecule has 2 rings (SSSR count). The van der Waals surface area contributed by atoms with Crippen LogP contribution in [0.15, 0.2) is 53.5 Å². The Hall–Kier alpha value is -3.26. The molecule has 25 heavy (non-hydrogen) atoms. The van der Waals surface area contributed by atoms with Crippen LogP contribution in [0, 0.1) is 12.3 Å². The molecule has 0 aromatic heterocycles. The monoisotopic (exact) mass is 334 g/mol. The normalized spacial score (nSPS) is 11.0. The van der Waals surface area contributed by atoms with E-state index in [2.05, 4.69) is 41.5 Å². The molecule has 0 atom stereocenters. The average molecular weight is 334 g/mol. The van der Waals surface area contributed by atoms with Gasteiger partial charge >= 0.3 is 0 Å². The summed E-state index contributed by atoms with van der Waals surface area (Å²) in [7, 11) is 0. The van der Waals surface area contributed by atoms with Gasteiger partial charge in [-0.2, -0.15) is 0 Å². The third kappa shape index (κ3) is 5.70. The standard InChI is InChI=1S/C20H22N4O/c1-4-15-7-5-9-17(11-15)23-19(25)13-22-20(21)24-18-10-6-8-16(12-18)14(2)3/h1,5-12,14H,13H2,2-3H3,(H,23,25)(H3,21,22,24). The Labute approximate surface area is 148 Å². The zero-order chi connectivity index (χ0) is 18.2. The third-order valence-corrected chi connectivity index (χ3v) is 3.53. The lowest BCUT2D eigenvalue weighted by Crippen LogP contribution is -2.25. The first kappa shape index (κ1) is 18.1. The molecule has 0 saturated heterocycles. The molecule has 0 aliphatic heterocycles. The van der Waals surface area contributed by atoms with Gasteiger partial charge in [-0.3, -0.25) is 4.79 Å². The fourth-order valence-corrected chi connectivity index (χ4v) is 2.21. The van der Waals surface area contributed by atoms with E-state index in [1.807, 2.05) is 18.2 Å². The van der Waals surface area contributed by atoms with Crippen molar-refractivity contribution < 1.29 is 4.79 Å². The van der Waals surface area contributed by atoms with Gasteiger partial charge in [0.25, 0.3) is 0 Å². The second-order valence-corrected chi connectivity index (χ2v) is 5.88. The molecule has 0 saturated carbocycles. The zero-order valence-corrected chi connectivity index (χ0v) is 14.4. The number of hydrogen-bond acceptors (Lipinski definition) is 2. The number of rotatable bonds is 5. The number of anilines is 2. The number of terminal acetylenes is 1. The average Bonchev–Trinajstić information content (AvgIpc) is 2.60. The summed E-state index contributed by atoms with van der Waals surface area (Å²) in [6.07, 6.45) is 5.34. The molecule has 0 unspecified atom stereocenters. The van der Waals surface area contributed by atoms with E-state index in [-0.39, 0.29) is 18.4 Å². The Morgan fingerprint density at radius 2 is 1.84 bits per heavy atom. The smallest absolute Gasteiger partial charge is 0.246 e. The summed E-state index contributed by atoms with van der Waals surface area (Å²) in [6, 6.07) is 15.0. The largest absolute Gasteiger partial charge is 0.370 e. The van der Waals surface area contributed by atoms with Crippen LogP contribution in [-0.2, 0) is 4.79 Å². The molecule has 0 heterocycles. The Bertz CT molecular complexity index is 818. The quantitative estimate of drug-likeness (QED) is 0.446. The van der Waals surface area contributed by atoms with Crippen LogP contribution in [0.5, 0.6) is 0 Å². The Morgan fingerprint density at radius 1 is 1.16 bits per heavy atom. The number of carbonyl (C=O) groups is 1. The maximum atomic E-state index is 12.0. The minimum atomic E-state index is -0.269. The van der Waals surface area contributed by atoms with Crippen LogP contribution in [0.2, 0.25) is 0 Å². The molecule has 0 fully saturated rings. The van der Waals surface area contributed by atoms with Crippen LogP contribution >= 0.6 is 0 Å². The molecule has 128 valence electrons. The lowest BCUT2D eigenvalue weighted by Gasteiger charge is -2.10. The van der Waals surface area contributed by atoms with E-state index >= 15 is 0 Å². The van der Waals surface area contributed by atoms with Crippen molar-refractivity contribution in [1.29, 1.82) is 0 Å². The SMILES string of the molecule is C#Cc1cccc(NC(=O)CN=C(N)Nc2cccc(C(C)C)c2)c1. The fourth-order valence-electron chi connectivity index (χ4n) is 2.21. The molecule has 0 aliphatic carbocycles. The Kier molecular flexibility index (Phi) is 6.19. The van der Waals surface area contributed by atoms with Crippen molar-refractivity contribution in [1.82, 2.24) is 0 Å². The van der Waals surface area contributed by atoms with E-state index < -0.39 is 0 Å². The van der Waals surface area contributed by atoms with Gasteiger partial charge in [0.05, 0.1) is 0 Å². The van der Waals surface area contributed by atoms with Gasteiger partial charge in [0.15, 0.2) is 5.96 Å². The van der Waals surface area contributed by atoms with E-state index in [1.54, 1.807) is 24.3 Å². The lowest BCUT2D eigenvalue weighted by atomic mass is 10.0. The van der Waals surface area contributed by atoms with E-state index in [0.717, 1.165) is 5.69 Å². The summed E-state index contributed by atoms with van der Waals surface area (Å²) >= 11 is 0. The van der Waals surface area contributed by atoms with Crippen molar-refractivity contribution in [3.63, 3.8) is 0 Å². The predicted molar refractivity (Wildman–Crippen MR) is 104 cm³/mol. The number of hydrogen-bond donors (Lipinski definition) is 3. The molecule has 2 aromatic carbocycles. The van der Waals surface area contributed by atoms with Crippen LogP contribution in [0.25, 0.3) is 0 Å². The van der Waals surface area contributed by atoms with Crippen molar-refractivity contribution in [3.05, 3.63) is 59.7 Å². The van der Waals surface area contributed by atoms with Crippen molar-refractivity contribution in [2.24, 2.45) is 10.7 Å². The summed E-state index contributed by atoms with van der Waals surface area (Å²) in [5, 5.41) is 5.73. The van der Waals surface area contributed by atoms with E-state index in [9.17, 15) is 4.79 Å². The Balaban J connectivity index is 1.93. The second kappa shape index (κ2) is 8.55. The van der Waals surface area contributed by atoms with Gasteiger partial charge in [-0.05, 0) is 41.8 Å². The zero-order valence-electron chi connectivity index (χ0n) is 14.4. The molecule has 5 heteroatoms. The first-order chi connectivity index (χ1) is 12.0. The topological polar surface area (TPSA) is 79.5 Å². The summed E-state index contributed by atoms with van der Waals surface area (Å²) in [5.74, 6) is 2.86. The first-order valence-corrected chi connectivity index (χ1v) is 8.01. The number of guanidine groups is 1. The van der Waals surface area contributed by atoms with Crippen molar-refractivity contribution in [3.8, 4) is 12.3 Å². The van der Waals surface area contributed by atoms with E-state index in [0.29, 0.717) is 17.2 Å². The number of nitrogens with zero attached hydrogens (tertiary/aromatic N) is 1. The van der Waals surface area contributed by atoms with E-state index in [1.165, 1.54) is 5.56 Å². The number of benzene rings is 2. The molecule has 0 spiro atoms. The molecular formula is C20H22N4O. The second-order valence-electron chi connectivity index (χ2n) is 5.88. The number of carbonyl (C=O) groups excluding carboxylic acids is 1. The molecule has 0 bridgehead atoms. The van der Waals surface area contributed by atoms with Crippen LogP contribution in [0.4, 0.5) is 11.4 Å². The summed E-state index contributed by atoms with van der Waals surface area (Å²) < 4.78 is 0. The maximum Gasteiger partial charge on any atom is 0.246 e. The van der Waals surface area contributed by atoms with E-state index in [4.69, 9.17) is 12.2 Å². The van der Waals surface area contributed by atoms with Crippen LogP contribution in [0.3, 0.4) is 0 Å². The maximum absolute atomic E-state index is 12.0. The lowest BCUT2D eigenvalue weighted by molar-refractivity contribution is -0.114. The molecule has 0 radical (unpaired) electrons. The highest BCUT2D eigenvalue weighted by molar-refractivity contribution is 5.97. The molecule has 1 amide bonds. The molecule has 2 aromatic rings. The molecule has 5 nitrogen and oxygen atoms in total. The minimum absolute atomic E-state index is 0.0804. The fraction of sp³-hybridized carbons (Fsp3) is 0.200. The number of aliphatic imine (C=N–C) groups is 1. The van der Waals surface area contributed by atoms with Crippen molar-refractivity contribution >= 4 is 23.2 Å². The predicted octanol–water partition coefficient (Wildman–Crippen LogP) is 3.16. The van der Waals surface area contributed by atoms with Gasteiger partial charge < -0.3 is 16.4 Å². The van der Waals surface area contributed by atoms with Crippen LogP contribution < -0.4 is 16.4 Å². The summed E-state index contributed by atoms with van der Waals surface area (Å²) in [4.78, 5) is 16.0. The van der Waals surface area contributed by atoms with Crippen LogP contribution in [-0.4, -0.2) is 18.4 Å². The minimum Gasteiger partial charge on any atom is -0.370 e. The third-order valence-electron chi connectivity index (χ3n) is 3.53. The first-order valence-electron chi connectivity index (χ1n) is 8.01. The molecule has 0 aliphatic rings. The Morgan fingerprint density at radius 3 is 2.52 bits per heavy atom. The molecular weight excluding hydrogens is 312 g/mol. The highest BCUT2D eigenvalue weighted by atomic mass is 16.1. The number of amides is 1. The van der Waals surface area contributed by atoms with Gasteiger partial charge in [-0.25, -0.2) is 4.99 Å².